The Kier molecular flexibility index (Phi) is 8.00. The van der Waals surface area contributed by atoms with Crippen LogP contribution in [-0.2, 0) is 11.8 Å². The first-order valence-electron chi connectivity index (χ1n) is 19.1. The minimum Gasteiger partial charge on any atom is -0.264 e. The summed E-state index contributed by atoms with van der Waals surface area (Å²) >= 11 is 0. The zero-order valence-electron chi connectivity index (χ0n) is 31.5. The van der Waals surface area contributed by atoms with E-state index in [2.05, 4.69) is 170 Å². The fraction of sp³-hybridized carbons (Fsp3) is 0.220. The fourth-order valence-electron chi connectivity index (χ4n) is 8.91. The third kappa shape index (κ3) is 5.80. The molecule has 9 rings (SSSR count). The van der Waals surface area contributed by atoms with Crippen LogP contribution in [0, 0.1) is 13.8 Å². The van der Waals surface area contributed by atoms with Crippen molar-refractivity contribution in [2.75, 3.05) is 0 Å². The summed E-state index contributed by atoms with van der Waals surface area (Å²) in [5.74, 6) is 0.344. The molecule has 0 saturated heterocycles. The van der Waals surface area contributed by atoms with Crippen LogP contribution in [0.2, 0.25) is 0 Å². The van der Waals surface area contributed by atoms with Crippen molar-refractivity contribution in [2.24, 2.45) is 0 Å². The van der Waals surface area contributed by atoms with Gasteiger partial charge in [-0.1, -0.05) is 93.1 Å². The maximum Gasteiger partial charge on any atom is 0.218 e. The summed E-state index contributed by atoms with van der Waals surface area (Å²) in [6.07, 6.45) is 11.4. The van der Waals surface area contributed by atoms with E-state index in [-0.39, 0.29) is 11.5 Å². The number of pyridine rings is 3. The van der Waals surface area contributed by atoms with Crippen molar-refractivity contribution in [3.63, 3.8) is 0 Å². The van der Waals surface area contributed by atoms with Crippen LogP contribution < -0.4 is 9.13 Å². The van der Waals surface area contributed by atoms with E-state index in [0.29, 0.717) is 5.92 Å². The van der Waals surface area contributed by atoms with Gasteiger partial charge in [0.25, 0.3) is 0 Å². The Morgan fingerprint density at radius 3 is 2.25 bits per heavy atom. The van der Waals surface area contributed by atoms with Gasteiger partial charge in [0.05, 0.1) is 6.42 Å². The summed E-state index contributed by atoms with van der Waals surface area (Å²) in [7, 11) is 0. The first-order valence-corrected chi connectivity index (χ1v) is 19.1. The molecule has 2 aliphatic heterocycles. The third-order valence-electron chi connectivity index (χ3n) is 11.8. The molecule has 0 N–H and O–H groups in total. The highest BCUT2D eigenvalue weighted by Gasteiger charge is 2.42. The van der Waals surface area contributed by atoms with Crippen LogP contribution in [-0.4, -0.2) is 4.98 Å². The van der Waals surface area contributed by atoms with Crippen molar-refractivity contribution < 1.29 is 9.13 Å². The Morgan fingerprint density at radius 2 is 1.43 bits per heavy atom. The van der Waals surface area contributed by atoms with Crippen LogP contribution in [0.3, 0.4) is 0 Å². The van der Waals surface area contributed by atoms with E-state index in [1.165, 1.54) is 83.4 Å². The van der Waals surface area contributed by atoms with E-state index in [1.807, 2.05) is 12.4 Å². The highest BCUT2D eigenvalue weighted by Crippen LogP contribution is 2.45. The Labute approximate surface area is 314 Å². The highest BCUT2D eigenvalue weighted by molar-refractivity contribution is 6.04. The number of rotatable bonds is 2. The maximum atomic E-state index is 4.81. The van der Waals surface area contributed by atoms with E-state index in [0.717, 1.165) is 25.0 Å². The van der Waals surface area contributed by atoms with Gasteiger partial charge in [0.2, 0.25) is 11.4 Å². The molecule has 3 nitrogen and oxygen atoms in total. The summed E-state index contributed by atoms with van der Waals surface area (Å²) in [5, 5.41) is 2.40. The van der Waals surface area contributed by atoms with Crippen molar-refractivity contribution in [3.05, 3.63) is 168 Å². The molecule has 3 heteroatoms. The highest BCUT2D eigenvalue weighted by atomic mass is 15.0. The predicted molar refractivity (Wildman–Crippen MR) is 219 cm³/mol. The minimum absolute atomic E-state index is 0.0172. The number of hydrogen-bond donors (Lipinski definition) is 0. The van der Waals surface area contributed by atoms with Crippen LogP contribution in [0.15, 0.2) is 141 Å². The average Bonchev–Trinajstić information content (AvgIpc) is 3.16. The van der Waals surface area contributed by atoms with Crippen molar-refractivity contribution in [2.45, 2.75) is 71.3 Å². The lowest BCUT2D eigenvalue weighted by Crippen LogP contribution is -2.49. The quantitative estimate of drug-likeness (QED) is 0.166. The molecule has 0 amide bonds. The van der Waals surface area contributed by atoms with Crippen molar-refractivity contribution in [1.82, 2.24) is 4.98 Å². The smallest absolute Gasteiger partial charge is 0.218 e. The molecule has 3 aromatic heterocycles. The molecule has 0 fully saturated rings. The monoisotopic (exact) mass is 689 g/mol. The van der Waals surface area contributed by atoms with Crippen LogP contribution >= 0.6 is 0 Å². The second kappa shape index (κ2) is 12.8. The van der Waals surface area contributed by atoms with Crippen LogP contribution in [0.5, 0.6) is 0 Å². The number of aryl methyl sites for hydroxylation is 3. The topological polar surface area (TPSA) is 20.6 Å². The van der Waals surface area contributed by atoms with Gasteiger partial charge in [-0.25, -0.2) is 0 Å². The molecule has 5 heterocycles. The van der Waals surface area contributed by atoms with Crippen molar-refractivity contribution >= 4 is 16.5 Å². The SMILES string of the molecule is C=C1CC2C(CCc3cc(-c4ccc(-c5ccc(C)cc5)c5cnccc45)ccc3-c3cc(C(C)(C)C)cc[n+]31)c1ccccc1-c1cc(C)cc[n+]12. The maximum absolute atomic E-state index is 4.81. The average molecular weight is 690 g/mol. The standard InChI is InChI=1S/C50H47N3/c1-32-11-13-35(14-12-32)39-19-20-40(43-21-24-51-31-46(39)43)36-15-17-41-37(29-36)16-18-45-42-9-7-8-10-44(42)47-27-33(2)22-25-53(47)48(45)28-34(3)52-26-23-38(30-49(41)52)50(4,5)6/h7-15,17,19-27,29-31,45,48H,3,16,18,28H2,1-2,4-6H3/q+2. The predicted octanol–water partition coefficient (Wildman–Crippen LogP) is 11.5. The van der Waals surface area contributed by atoms with E-state index in [9.17, 15) is 0 Å². The number of nitrogens with zero attached hydrogens (tertiary/aromatic N) is 3. The summed E-state index contributed by atoms with van der Waals surface area (Å²) in [4.78, 5) is 4.59. The number of hydrogen-bond acceptors (Lipinski definition) is 1. The molecule has 2 aliphatic rings. The number of aromatic nitrogens is 3. The molecule has 0 spiro atoms. The number of benzene rings is 4. The lowest BCUT2D eigenvalue weighted by atomic mass is 9.77. The summed E-state index contributed by atoms with van der Waals surface area (Å²) in [5.41, 5.74) is 17.9. The van der Waals surface area contributed by atoms with Gasteiger partial charge in [-0.2, -0.15) is 9.13 Å². The fourth-order valence-corrected chi connectivity index (χ4v) is 8.91. The van der Waals surface area contributed by atoms with Gasteiger partial charge in [-0.3, -0.25) is 4.98 Å². The van der Waals surface area contributed by atoms with E-state index >= 15 is 0 Å². The minimum atomic E-state index is 0.0172. The largest absolute Gasteiger partial charge is 0.264 e. The van der Waals surface area contributed by atoms with Crippen molar-refractivity contribution in [3.8, 4) is 44.8 Å². The van der Waals surface area contributed by atoms with Gasteiger partial charge in [0.1, 0.15) is 0 Å². The van der Waals surface area contributed by atoms with Crippen LogP contribution in [0.4, 0.5) is 0 Å². The van der Waals surface area contributed by atoms with Gasteiger partial charge in [0.15, 0.2) is 24.1 Å². The zero-order chi connectivity index (χ0) is 36.4. The van der Waals surface area contributed by atoms with E-state index in [4.69, 9.17) is 6.58 Å². The second-order valence-electron chi connectivity index (χ2n) is 16.3. The molecular weight excluding hydrogens is 643 g/mol. The molecule has 0 aliphatic carbocycles. The van der Waals surface area contributed by atoms with Crippen molar-refractivity contribution in [1.29, 1.82) is 0 Å². The van der Waals surface area contributed by atoms with Crippen LogP contribution in [0.1, 0.15) is 73.4 Å². The molecule has 53 heavy (non-hydrogen) atoms. The van der Waals surface area contributed by atoms with Gasteiger partial charge < -0.3 is 0 Å². The molecule has 0 saturated carbocycles. The van der Waals surface area contributed by atoms with Crippen LogP contribution in [0.25, 0.3) is 61.2 Å². The molecule has 2 atom stereocenters. The normalized spacial score (nSPS) is 16.6. The Balaban J connectivity index is 1.23. The number of fused-ring (bicyclic) bond motifs is 10. The summed E-state index contributed by atoms with van der Waals surface area (Å²) < 4.78 is 4.92. The first kappa shape index (κ1) is 33.2. The molecule has 0 bridgehead atoms. The zero-order valence-corrected chi connectivity index (χ0v) is 31.5. The summed E-state index contributed by atoms with van der Waals surface area (Å²) in [6.45, 7) is 16.1. The Hall–Kier alpha value is -5.67. The molecular formula is C50H47N3+2. The lowest BCUT2D eigenvalue weighted by molar-refractivity contribution is -0.720. The first-order chi connectivity index (χ1) is 25.6. The van der Waals surface area contributed by atoms with E-state index < -0.39 is 0 Å². The van der Waals surface area contributed by atoms with Gasteiger partial charge in [0, 0.05) is 59.1 Å². The molecule has 2 unspecified atom stereocenters. The van der Waals surface area contributed by atoms with Gasteiger partial charge >= 0.3 is 0 Å². The molecule has 260 valence electrons. The van der Waals surface area contributed by atoms with Gasteiger partial charge in [-0.05, 0) is 107 Å². The number of allylic oxidation sites excluding steroid dienone is 1. The Bertz CT molecular complexity index is 2570. The lowest BCUT2D eigenvalue weighted by Gasteiger charge is -2.31. The van der Waals surface area contributed by atoms with Gasteiger partial charge in [-0.15, -0.1) is 0 Å². The third-order valence-corrected chi connectivity index (χ3v) is 11.8. The second-order valence-corrected chi connectivity index (χ2v) is 16.3. The Morgan fingerprint density at radius 1 is 0.679 bits per heavy atom. The molecule has 7 aromatic rings. The molecule has 0 radical (unpaired) electrons. The summed E-state index contributed by atoms with van der Waals surface area (Å²) in [6, 6.07) is 41.4. The molecule has 4 aromatic carbocycles. The van der Waals surface area contributed by atoms with E-state index in [1.54, 1.807) is 0 Å².